The molecule has 2 rings (SSSR count). The summed E-state index contributed by atoms with van der Waals surface area (Å²) >= 11 is 1.24. The van der Waals surface area contributed by atoms with Crippen molar-refractivity contribution in [1.29, 1.82) is 0 Å². The van der Waals surface area contributed by atoms with E-state index in [1.165, 1.54) is 24.5 Å². The van der Waals surface area contributed by atoms with Gasteiger partial charge in [-0.05, 0) is 37.6 Å². The topological polar surface area (TPSA) is 130 Å². The van der Waals surface area contributed by atoms with Gasteiger partial charge < -0.3 is 15.2 Å². The molecule has 1 aromatic carbocycles. The van der Waals surface area contributed by atoms with Crippen molar-refractivity contribution >= 4 is 32.5 Å². The summed E-state index contributed by atoms with van der Waals surface area (Å²) in [6.45, 7) is 3.66. The van der Waals surface area contributed by atoms with Crippen molar-refractivity contribution in [1.82, 2.24) is 15.0 Å². The van der Waals surface area contributed by atoms with E-state index in [-0.39, 0.29) is 29.8 Å². The number of aliphatic hydroxyl groups is 1. The summed E-state index contributed by atoms with van der Waals surface area (Å²) in [5.41, 5.74) is 1.28. The van der Waals surface area contributed by atoms with Crippen LogP contribution in [0, 0.1) is 6.92 Å². The van der Waals surface area contributed by atoms with Crippen LogP contribution in [0.3, 0.4) is 0 Å². The zero-order chi connectivity index (χ0) is 20.0. The molecule has 148 valence electrons. The first kappa shape index (κ1) is 21.1. The van der Waals surface area contributed by atoms with Crippen LogP contribution in [-0.4, -0.2) is 51.3 Å². The van der Waals surface area contributed by atoms with E-state index in [0.29, 0.717) is 22.9 Å². The molecule has 11 heteroatoms. The van der Waals surface area contributed by atoms with Crippen LogP contribution in [-0.2, 0) is 10.0 Å². The Kier molecular flexibility index (Phi) is 7.13. The Hall–Kier alpha value is -2.21. The molecule has 2 aromatic rings. The number of rotatable bonds is 8. The third kappa shape index (κ3) is 5.16. The lowest BCUT2D eigenvalue weighted by Gasteiger charge is -2.11. The van der Waals surface area contributed by atoms with E-state index in [1.807, 2.05) is 6.92 Å². The molecule has 0 spiro atoms. The Morgan fingerprint density at radius 1 is 1.37 bits per heavy atom. The minimum absolute atomic E-state index is 0.0398. The number of anilines is 1. The largest absolute Gasteiger partial charge is 0.495 e. The molecule has 0 aliphatic carbocycles. The summed E-state index contributed by atoms with van der Waals surface area (Å²) in [5.74, 6) is 0.187. The fourth-order valence-corrected chi connectivity index (χ4v) is 4.48. The number of aromatic nitrogens is 1. The molecule has 0 aliphatic rings. The molecule has 0 saturated carbocycles. The van der Waals surface area contributed by atoms with E-state index >= 15 is 0 Å². The molecule has 1 aromatic heterocycles. The van der Waals surface area contributed by atoms with Crippen LogP contribution in [0.5, 0.6) is 5.75 Å². The van der Waals surface area contributed by atoms with Gasteiger partial charge in [-0.15, -0.1) is 0 Å². The van der Waals surface area contributed by atoms with Crippen molar-refractivity contribution in [2.45, 2.75) is 18.7 Å². The number of ether oxygens (including phenoxy) is 1. The van der Waals surface area contributed by atoms with Gasteiger partial charge in [0.1, 0.15) is 10.6 Å². The molecule has 0 unspecified atom stereocenters. The van der Waals surface area contributed by atoms with Crippen molar-refractivity contribution in [3.63, 3.8) is 0 Å². The number of sulfonamides is 1. The number of nitrogens with one attached hydrogen (secondary N) is 3. The quantitative estimate of drug-likeness (QED) is 0.518. The highest BCUT2D eigenvalue weighted by Crippen LogP contribution is 2.36. The van der Waals surface area contributed by atoms with Crippen LogP contribution < -0.4 is 20.1 Å². The Morgan fingerprint density at radius 2 is 2.11 bits per heavy atom. The molecular formula is C16H22N4O5S2. The fraction of sp³-hybridized carbons (Fsp3) is 0.375. The van der Waals surface area contributed by atoms with Gasteiger partial charge in [0.2, 0.25) is 10.0 Å². The average molecular weight is 415 g/mol. The number of carbonyl (C=O) groups is 1. The lowest BCUT2D eigenvalue weighted by molar-refractivity contribution is 0.252. The molecule has 27 heavy (non-hydrogen) atoms. The van der Waals surface area contributed by atoms with Gasteiger partial charge in [0.15, 0.2) is 5.13 Å². The van der Waals surface area contributed by atoms with Gasteiger partial charge in [-0.1, -0.05) is 11.3 Å². The van der Waals surface area contributed by atoms with Crippen molar-refractivity contribution in [3.05, 3.63) is 23.9 Å². The number of aryl methyl sites for hydroxylation is 1. The third-order valence-corrected chi connectivity index (χ3v) is 6.08. The highest BCUT2D eigenvalue weighted by molar-refractivity contribution is 7.89. The van der Waals surface area contributed by atoms with Gasteiger partial charge in [-0.2, -0.15) is 0 Å². The minimum atomic E-state index is -3.86. The Morgan fingerprint density at radius 3 is 2.74 bits per heavy atom. The van der Waals surface area contributed by atoms with E-state index in [1.54, 1.807) is 19.1 Å². The zero-order valence-electron chi connectivity index (χ0n) is 15.2. The lowest BCUT2D eigenvalue weighted by Crippen LogP contribution is -2.28. The zero-order valence-corrected chi connectivity index (χ0v) is 16.8. The van der Waals surface area contributed by atoms with Crippen LogP contribution in [0.2, 0.25) is 0 Å². The summed E-state index contributed by atoms with van der Waals surface area (Å²) in [7, 11) is -2.48. The molecule has 0 fully saturated rings. The van der Waals surface area contributed by atoms with Crippen molar-refractivity contribution in [2.24, 2.45) is 0 Å². The first-order valence-corrected chi connectivity index (χ1v) is 10.4. The maximum Gasteiger partial charge on any atom is 0.321 e. The molecule has 0 radical (unpaired) electrons. The fourth-order valence-electron chi connectivity index (χ4n) is 2.31. The lowest BCUT2D eigenvalue weighted by atomic mass is 10.1. The van der Waals surface area contributed by atoms with E-state index in [0.717, 1.165) is 4.88 Å². The summed E-state index contributed by atoms with van der Waals surface area (Å²) in [5, 5.41) is 14.6. The number of nitrogens with zero attached hydrogens (tertiary/aromatic N) is 1. The molecule has 9 nitrogen and oxygen atoms in total. The number of amides is 2. The molecule has 1 heterocycles. The van der Waals surface area contributed by atoms with E-state index in [9.17, 15) is 13.2 Å². The van der Waals surface area contributed by atoms with Crippen LogP contribution >= 0.6 is 11.3 Å². The maximum atomic E-state index is 12.5. The summed E-state index contributed by atoms with van der Waals surface area (Å²) < 4.78 is 32.4. The summed E-state index contributed by atoms with van der Waals surface area (Å²) in [6, 6.07) is 4.40. The first-order chi connectivity index (χ1) is 12.8. The number of urea groups is 1. The normalized spacial score (nSPS) is 11.3. The van der Waals surface area contributed by atoms with Crippen LogP contribution in [0.15, 0.2) is 23.1 Å². The monoisotopic (exact) mass is 414 g/mol. The molecule has 0 aliphatic heterocycles. The predicted molar refractivity (Wildman–Crippen MR) is 104 cm³/mol. The van der Waals surface area contributed by atoms with Crippen molar-refractivity contribution in [2.75, 3.05) is 32.1 Å². The predicted octanol–water partition coefficient (Wildman–Crippen LogP) is 1.54. The van der Waals surface area contributed by atoms with Gasteiger partial charge in [0.25, 0.3) is 0 Å². The Bertz CT molecular complexity index is 912. The van der Waals surface area contributed by atoms with E-state index in [2.05, 4.69) is 20.3 Å². The number of thiazole rings is 1. The number of hydrogen-bond donors (Lipinski definition) is 4. The van der Waals surface area contributed by atoms with Gasteiger partial charge in [-0.25, -0.2) is 22.9 Å². The molecule has 0 saturated heterocycles. The minimum Gasteiger partial charge on any atom is -0.495 e. The molecule has 2 amide bonds. The summed E-state index contributed by atoms with van der Waals surface area (Å²) in [4.78, 5) is 16.7. The molecular weight excluding hydrogens is 392 g/mol. The van der Waals surface area contributed by atoms with Crippen LogP contribution in [0.25, 0.3) is 10.4 Å². The average Bonchev–Trinajstić information content (AvgIpc) is 2.99. The number of benzene rings is 1. The maximum absolute atomic E-state index is 12.5. The standard InChI is InChI=1S/C16H22N4O5S2/c1-4-17-15(22)20-16-19-10(2)14(26-16)11-5-6-12(25-3)13(9-11)27(23,24)18-7-8-21/h5-6,9,18,21H,4,7-8H2,1-3H3,(H2,17,19,20,22). The second kappa shape index (κ2) is 9.13. The van der Waals surface area contributed by atoms with Crippen LogP contribution in [0.1, 0.15) is 12.6 Å². The highest BCUT2D eigenvalue weighted by Gasteiger charge is 2.21. The second-order valence-corrected chi connectivity index (χ2v) is 8.14. The van der Waals surface area contributed by atoms with Crippen LogP contribution in [0.4, 0.5) is 9.93 Å². The number of aliphatic hydroxyl groups excluding tert-OH is 1. The van der Waals surface area contributed by atoms with Crippen molar-refractivity contribution in [3.8, 4) is 16.2 Å². The smallest absolute Gasteiger partial charge is 0.321 e. The molecule has 0 atom stereocenters. The van der Waals surface area contributed by atoms with Gasteiger partial charge >= 0.3 is 6.03 Å². The molecule has 4 N–H and O–H groups in total. The number of carbonyl (C=O) groups excluding carboxylic acids is 1. The first-order valence-electron chi connectivity index (χ1n) is 8.13. The third-order valence-electron chi connectivity index (χ3n) is 3.47. The van der Waals surface area contributed by atoms with Crippen molar-refractivity contribution < 1.29 is 23.1 Å². The SMILES string of the molecule is CCNC(=O)Nc1nc(C)c(-c2ccc(OC)c(S(=O)(=O)NCCO)c2)s1. The van der Waals surface area contributed by atoms with Gasteiger partial charge in [0, 0.05) is 13.1 Å². The van der Waals surface area contributed by atoms with Gasteiger partial charge in [-0.3, -0.25) is 5.32 Å². The van der Waals surface area contributed by atoms with Gasteiger partial charge in [0.05, 0.1) is 24.3 Å². The van der Waals surface area contributed by atoms with E-state index in [4.69, 9.17) is 9.84 Å². The summed E-state index contributed by atoms with van der Waals surface area (Å²) in [6.07, 6.45) is 0. The second-order valence-electron chi connectivity index (χ2n) is 5.41. The Labute approximate surface area is 161 Å². The molecule has 0 bridgehead atoms. The number of hydrogen-bond acceptors (Lipinski definition) is 7. The van der Waals surface area contributed by atoms with E-state index < -0.39 is 10.0 Å². The number of methoxy groups -OCH3 is 1. The Balaban J connectivity index is 2.41. The highest BCUT2D eigenvalue weighted by atomic mass is 32.2.